The highest BCUT2D eigenvalue weighted by Crippen LogP contribution is 2.26. The average molecular weight is 328 g/mol. The minimum absolute atomic E-state index is 0.0462. The predicted molar refractivity (Wildman–Crippen MR) is 90.7 cm³/mol. The summed E-state index contributed by atoms with van der Waals surface area (Å²) < 4.78 is 0. The number of amides is 3. The number of rotatable bonds is 2. The number of nitrogens with one attached hydrogen (secondary N) is 2. The molecule has 0 radical (unpaired) electrons. The first-order chi connectivity index (χ1) is 11.7. The minimum atomic E-state index is -0.403. The molecule has 2 heterocycles. The lowest BCUT2D eigenvalue weighted by atomic mass is 10.1. The molecule has 2 N–H and O–H groups in total. The van der Waals surface area contributed by atoms with Gasteiger partial charge in [0.1, 0.15) is 6.04 Å². The molecule has 2 aliphatic heterocycles. The summed E-state index contributed by atoms with van der Waals surface area (Å²) in [5.74, 6) is 0.0462. The van der Waals surface area contributed by atoms with E-state index in [9.17, 15) is 9.59 Å². The standard InChI is InChI=1S/C18H24N4O2/c23-17(16-12-19-18(24)20-16)22-7-3-6-21(8-9-22)15-10-13-4-1-2-5-14(13)11-15/h1-2,4-5,15-16H,3,6-12H2,(H2,19,20,24)/t16-/m1/s1. The maximum atomic E-state index is 12.6. The van der Waals surface area contributed by atoms with E-state index < -0.39 is 6.04 Å². The quantitative estimate of drug-likeness (QED) is 0.824. The number of benzene rings is 1. The Bertz CT molecular complexity index is 623. The van der Waals surface area contributed by atoms with Crippen LogP contribution >= 0.6 is 0 Å². The largest absolute Gasteiger partial charge is 0.340 e. The van der Waals surface area contributed by atoms with Crippen LogP contribution in [0.5, 0.6) is 0 Å². The molecule has 3 amide bonds. The topological polar surface area (TPSA) is 64.7 Å². The molecule has 2 saturated heterocycles. The Labute approximate surface area is 142 Å². The van der Waals surface area contributed by atoms with Gasteiger partial charge in [0.2, 0.25) is 5.91 Å². The number of fused-ring (bicyclic) bond motifs is 1. The Kier molecular flexibility index (Phi) is 4.14. The van der Waals surface area contributed by atoms with Crippen molar-refractivity contribution < 1.29 is 9.59 Å². The maximum Gasteiger partial charge on any atom is 0.315 e. The van der Waals surface area contributed by atoms with Crippen molar-refractivity contribution in [3.05, 3.63) is 35.4 Å². The second-order valence-corrected chi connectivity index (χ2v) is 6.95. The number of urea groups is 1. The highest BCUT2D eigenvalue weighted by Gasteiger charge is 2.33. The highest BCUT2D eigenvalue weighted by molar-refractivity contribution is 5.90. The lowest BCUT2D eigenvalue weighted by molar-refractivity contribution is -0.132. The zero-order valence-corrected chi connectivity index (χ0v) is 13.8. The fourth-order valence-electron chi connectivity index (χ4n) is 4.14. The van der Waals surface area contributed by atoms with E-state index in [0.29, 0.717) is 12.6 Å². The third-order valence-electron chi connectivity index (χ3n) is 5.46. The molecule has 3 aliphatic rings. The van der Waals surface area contributed by atoms with E-state index in [0.717, 1.165) is 45.4 Å². The molecule has 6 heteroatoms. The molecule has 0 unspecified atom stereocenters. The normalized spacial score (nSPS) is 25.1. The fraction of sp³-hybridized carbons (Fsp3) is 0.556. The fourth-order valence-corrected chi connectivity index (χ4v) is 4.14. The maximum absolute atomic E-state index is 12.6. The first-order valence-electron chi connectivity index (χ1n) is 8.85. The van der Waals surface area contributed by atoms with Gasteiger partial charge in [0.25, 0.3) is 0 Å². The second-order valence-electron chi connectivity index (χ2n) is 6.95. The van der Waals surface area contributed by atoms with Gasteiger partial charge in [0, 0.05) is 38.8 Å². The van der Waals surface area contributed by atoms with E-state index in [1.54, 1.807) is 0 Å². The molecular weight excluding hydrogens is 304 g/mol. The number of carbonyl (C=O) groups excluding carboxylic acids is 2. The van der Waals surface area contributed by atoms with Gasteiger partial charge in [0.15, 0.2) is 0 Å². The molecule has 0 spiro atoms. The summed E-state index contributed by atoms with van der Waals surface area (Å²) in [6.07, 6.45) is 3.23. The van der Waals surface area contributed by atoms with Crippen LogP contribution in [0.4, 0.5) is 4.79 Å². The lowest BCUT2D eigenvalue weighted by Gasteiger charge is -2.27. The van der Waals surface area contributed by atoms with E-state index in [2.05, 4.69) is 39.8 Å². The van der Waals surface area contributed by atoms with Crippen LogP contribution in [0.25, 0.3) is 0 Å². The van der Waals surface area contributed by atoms with Crippen molar-refractivity contribution in [2.24, 2.45) is 0 Å². The summed E-state index contributed by atoms with van der Waals surface area (Å²) in [5.41, 5.74) is 2.94. The van der Waals surface area contributed by atoms with Gasteiger partial charge in [-0.05, 0) is 30.4 Å². The Morgan fingerprint density at radius 2 is 1.79 bits per heavy atom. The van der Waals surface area contributed by atoms with Crippen LogP contribution in [0.1, 0.15) is 17.5 Å². The zero-order valence-electron chi connectivity index (χ0n) is 13.8. The summed E-state index contributed by atoms with van der Waals surface area (Å²) in [4.78, 5) is 28.3. The van der Waals surface area contributed by atoms with Crippen LogP contribution in [-0.2, 0) is 17.6 Å². The van der Waals surface area contributed by atoms with Gasteiger partial charge < -0.3 is 15.5 Å². The smallest absolute Gasteiger partial charge is 0.315 e. The molecule has 1 aromatic carbocycles. The first-order valence-corrected chi connectivity index (χ1v) is 8.85. The van der Waals surface area contributed by atoms with E-state index >= 15 is 0 Å². The van der Waals surface area contributed by atoms with Crippen molar-refractivity contribution in [1.29, 1.82) is 0 Å². The summed E-state index contributed by atoms with van der Waals surface area (Å²) in [6, 6.07) is 8.62. The van der Waals surface area contributed by atoms with Crippen LogP contribution < -0.4 is 10.6 Å². The van der Waals surface area contributed by atoms with E-state index in [-0.39, 0.29) is 11.9 Å². The van der Waals surface area contributed by atoms with Gasteiger partial charge in [-0.3, -0.25) is 9.69 Å². The van der Waals surface area contributed by atoms with Crippen LogP contribution in [-0.4, -0.2) is 66.5 Å². The van der Waals surface area contributed by atoms with Gasteiger partial charge in [-0.25, -0.2) is 4.79 Å². The minimum Gasteiger partial charge on any atom is -0.340 e. The third kappa shape index (κ3) is 2.98. The van der Waals surface area contributed by atoms with E-state index in [1.807, 2.05) is 4.90 Å². The number of hydrogen-bond donors (Lipinski definition) is 2. The zero-order chi connectivity index (χ0) is 16.5. The Morgan fingerprint density at radius 3 is 2.46 bits per heavy atom. The number of hydrogen-bond acceptors (Lipinski definition) is 3. The van der Waals surface area contributed by atoms with Crippen molar-refractivity contribution in [1.82, 2.24) is 20.4 Å². The van der Waals surface area contributed by atoms with Gasteiger partial charge in [0.05, 0.1) is 0 Å². The van der Waals surface area contributed by atoms with E-state index in [1.165, 1.54) is 11.1 Å². The summed E-state index contributed by atoms with van der Waals surface area (Å²) >= 11 is 0. The lowest BCUT2D eigenvalue weighted by Crippen LogP contribution is -2.47. The summed E-state index contributed by atoms with van der Waals surface area (Å²) in [7, 11) is 0. The third-order valence-corrected chi connectivity index (χ3v) is 5.46. The first kappa shape index (κ1) is 15.4. The summed E-state index contributed by atoms with van der Waals surface area (Å²) in [6.45, 7) is 3.88. The van der Waals surface area contributed by atoms with Crippen molar-refractivity contribution >= 4 is 11.9 Å². The highest BCUT2D eigenvalue weighted by atomic mass is 16.2. The molecule has 0 bridgehead atoms. The van der Waals surface area contributed by atoms with Gasteiger partial charge >= 0.3 is 6.03 Å². The Hall–Kier alpha value is -2.08. The molecule has 4 rings (SSSR count). The molecule has 1 atom stereocenters. The molecule has 1 aromatic rings. The summed E-state index contributed by atoms with van der Waals surface area (Å²) in [5, 5.41) is 5.36. The molecule has 2 fully saturated rings. The predicted octanol–water partition coefficient (Wildman–Crippen LogP) is 0.370. The molecule has 128 valence electrons. The van der Waals surface area contributed by atoms with Gasteiger partial charge in [-0.2, -0.15) is 0 Å². The Balaban J connectivity index is 1.35. The molecular formula is C18H24N4O2. The van der Waals surface area contributed by atoms with Crippen molar-refractivity contribution in [3.63, 3.8) is 0 Å². The van der Waals surface area contributed by atoms with Crippen LogP contribution in [0.2, 0.25) is 0 Å². The molecule has 0 aromatic heterocycles. The van der Waals surface area contributed by atoms with Crippen molar-refractivity contribution in [2.45, 2.75) is 31.3 Å². The average Bonchev–Trinajstić information content (AvgIpc) is 3.13. The second kappa shape index (κ2) is 6.43. The van der Waals surface area contributed by atoms with Crippen LogP contribution in [0, 0.1) is 0 Å². The SMILES string of the molecule is O=C1NC[C@H](C(=O)N2CCCN(C3Cc4ccccc4C3)CC2)N1. The Morgan fingerprint density at radius 1 is 1.04 bits per heavy atom. The molecule has 1 aliphatic carbocycles. The van der Waals surface area contributed by atoms with Gasteiger partial charge in [-0.1, -0.05) is 24.3 Å². The molecule has 6 nitrogen and oxygen atoms in total. The van der Waals surface area contributed by atoms with Crippen LogP contribution in [0.15, 0.2) is 24.3 Å². The van der Waals surface area contributed by atoms with Crippen LogP contribution in [0.3, 0.4) is 0 Å². The monoisotopic (exact) mass is 328 g/mol. The number of carbonyl (C=O) groups is 2. The molecule has 24 heavy (non-hydrogen) atoms. The van der Waals surface area contributed by atoms with E-state index in [4.69, 9.17) is 0 Å². The van der Waals surface area contributed by atoms with Crippen molar-refractivity contribution in [3.8, 4) is 0 Å². The van der Waals surface area contributed by atoms with Crippen molar-refractivity contribution in [2.75, 3.05) is 32.7 Å². The number of nitrogens with zero attached hydrogens (tertiary/aromatic N) is 2. The molecule has 0 saturated carbocycles. The van der Waals surface area contributed by atoms with Gasteiger partial charge in [-0.15, -0.1) is 0 Å².